The van der Waals surface area contributed by atoms with E-state index in [0.717, 1.165) is 25.2 Å². The Hall–Kier alpha value is -1.20. The largest absolute Gasteiger partial charge is 0.435 e. The summed E-state index contributed by atoms with van der Waals surface area (Å²) in [5.74, 6) is 0.213. The molecule has 1 N–H and O–H groups in total. The van der Waals surface area contributed by atoms with Crippen LogP contribution in [0.4, 0.5) is 8.78 Å². The minimum Gasteiger partial charge on any atom is -0.435 e. The maximum absolute atomic E-state index is 12.0. The molecule has 1 heterocycles. The number of piperidine rings is 1. The zero-order valence-electron chi connectivity index (χ0n) is 11.1. The van der Waals surface area contributed by atoms with Crippen molar-refractivity contribution in [3.8, 4) is 5.75 Å². The van der Waals surface area contributed by atoms with E-state index in [2.05, 4.69) is 15.0 Å². The smallest absolute Gasteiger partial charge is 0.387 e. The molecule has 0 amide bonds. The molecule has 1 aliphatic rings. The molecule has 1 saturated heterocycles. The van der Waals surface area contributed by atoms with Gasteiger partial charge in [-0.05, 0) is 44.1 Å². The van der Waals surface area contributed by atoms with Gasteiger partial charge in [-0.1, -0.05) is 12.1 Å². The fourth-order valence-corrected chi connectivity index (χ4v) is 2.47. The molecule has 106 valence electrons. The second kappa shape index (κ2) is 6.82. The van der Waals surface area contributed by atoms with Gasteiger partial charge in [-0.15, -0.1) is 0 Å². The van der Waals surface area contributed by atoms with E-state index < -0.39 is 6.61 Å². The normalized spacial score (nSPS) is 20.7. The second-order valence-electron chi connectivity index (χ2n) is 4.89. The third-order valence-electron chi connectivity index (χ3n) is 3.47. The molecule has 1 fully saturated rings. The molecule has 1 aliphatic heterocycles. The van der Waals surface area contributed by atoms with Gasteiger partial charge >= 0.3 is 6.61 Å². The number of likely N-dealkylation sites (N-methyl/N-ethyl adjacent to an activating group) is 1. The molecule has 1 unspecified atom stereocenters. The zero-order chi connectivity index (χ0) is 13.7. The van der Waals surface area contributed by atoms with Crippen LogP contribution in [0.1, 0.15) is 18.4 Å². The number of alkyl halides is 2. The molecule has 5 heteroatoms. The first-order chi connectivity index (χ1) is 9.17. The lowest BCUT2D eigenvalue weighted by atomic mass is 10.1. The highest BCUT2D eigenvalue weighted by molar-refractivity contribution is 5.27. The first-order valence-electron chi connectivity index (χ1n) is 6.61. The Labute approximate surface area is 112 Å². The molecule has 2 rings (SSSR count). The van der Waals surface area contributed by atoms with Crippen molar-refractivity contribution in [3.63, 3.8) is 0 Å². The average Bonchev–Trinajstić information content (AvgIpc) is 2.41. The van der Waals surface area contributed by atoms with Crippen molar-refractivity contribution < 1.29 is 13.5 Å². The predicted octanol–water partition coefficient (Wildman–Crippen LogP) is 2.47. The van der Waals surface area contributed by atoms with Crippen LogP contribution in [0.25, 0.3) is 0 Å². The van der Waals surface area contributed by atoms with Gasteiger partial charge in [0.25, 0.3) is 0 Å². The van der Waals surface area contributed by atoms with Crippen molar-refractivity contribution in [3.05, 3.63) is 29.8 Å². The lowest BCUT2D eigenvalue weighted by Gasteiger charge is -2.32. The van der Waals surface area contributed by atoms with Crippen LogP contribution < -0.4 is 10.1 Å². The molecule has 1 aromatic carbocycles. The standard InChI is InChI=1S/C14H20F2N2O/c1-17-12-3-2-8-18(10-12)9-11-4-6-13(7-5-11)19-14(15)16/h4-7,12,14,17H,2-3,8-10H2,1H3. The third-order valence-corrected chi connectivity index (χ3v) is 3.47. The van der Waals surface area contributed by atoms with E-state index in [1.54, 1.807) is 12.1 Å². The summed E-state index contributed by atoms with van der Waals surface area (Å²) in [7, 11) is 1.99. The fourth-order valence-electron chi connectivity index (χ4n) is 2.47. The number of hydrogen-bond acceptors (Lipinski definition) is 3. The van der Waals surface area contributed by atoms with Crippen LogP contribution in [0.5, 0.6) is 5.75 Å². The lowest BCUT2D eigenvalue weighted by Crippen LogP contribution is -2.43. The van der Waals surface area contributed by atoms with E-state index in [1.807, 2.05) is 19.2 Å². The topological polar surface area (TPSA) is 24.5 Å². The zero-order valence-corrected chi connectivity index (χ0v) is 11.1. The van der Waals surface area contributed by atoms with Crippen LogP contribution in [0.3, 0.4) is 0 Å². The first-order valence-corrected chi connectivity index (χ1v) is 6.61. The number of hydrogen-bond donors (Lipinski definition) is 1. The summed E-state index contributed by atoms with van der Waals surface area (Å²) in [6.07, 6.45) is 2.41. The Balaban J connectivity index is 1.88. The van der Waals surface area contributed by atoms with Crippen LogP contribution in [0.15, 0.2) is 24.3 Å². The van der Waals surface area contributed by atoms with Crippen molar-refractivity contribution in [1.82, 2.24) is 10.2 Å². The van der Waals surface area contributed by atoms with Gasteiger partial charge < -0.3 is 10.1 Å². The monoisotopic (exact) mass is 270 g/mol. The summed E-state index contributed by atoms with van der Waals surface area (Å²) >= 11 is 0. The Morgan fingerprint density at radius 3 is 2.74 bits per heavy atom. The predicted molar refractivity (Wildman–Crippen MR) is 70.4 cm³/mol. The number of nitrogens with one attached hydrogen (secondary N) is 1. The second-order valence-corrected chi connectivity index (χ2v) is 4.89. The molecule has 0 radical (unpaired) electrons. The number of halogens is 2. The number of benzene rings is 1. The molecule has 0 aliphatic carbocycles. The summed E-state index contributed by atoms with van der Waals surface area (Å²) in [6, 6.07) is 7.44. The van der Waals surface area contributed by atoms with Gasteiger partial charge in [0.05, 0.1) is 0 Å². The van der Waals surface area contributed by atoms with Crippen molar-refractivity contribution in [2.45, 2.75) is 32.0 Å². The van der Waals surface area contributed by atoms with Gasteiger partial charge in [0, 0.05) is 19.1 Å². The van der Waals surface area contributed by atoms with E-state index in [1.165, 1.54) is 12.8 Å². The molecule has 0 bridgehead atoms. The van der Waals surface area contributed by atoms with E-state index in [4.69, 9.17) is 0 Å². The van der Waals surface area contributed by atoms with Crippen molar-refractivity contribution in [2.24, 2.45) is 0 Å². The SMILES string of the molecule is CNC1CCCN(Cc2ccc(OC(F)F)cc2)C1. The van der Waals surface area contributed by atoms with Gasteiger partial charge in [-0.3, -0.25) is 4.90 Å². The van der Waals surface area contributed by atoms with Gasteiger partial charge in [0.15, 0.2) is 0 Å². The van der Waals surface area contributed by atoms with Crippen LogP contribution in [-0.2, 0) is 6.54 Å². The van der Waals surface area contributed by atoms with Gasteiger partial charge in [-0.25, -0.2) is 0 Å². The molecular formula is C14H20F2N2O. The Morgan fingerprint density at radius 2 is 2.11 bits per heavy atom. The van der Waals surface area contributed by atoms with Crippen molar-refractivity contribution in [1.29, 1.82) is 0 Å². The minimum atomic E-state index is -2.76. The molecule has 0 saturated carbocycles. The molecule has 19 heavy (non-hydrogen) atoms. The molecule has 1 aromatic rings. The van der Waals surface area contributed by atoms with E-state index in [0.29, 0.717) is 6.04 Å². The van der Waals surface area contributed by atoms with Crippen LogP contribution in [0, 0.1) is 0 Å². The van der Waals surface area contributed by atoms with Crippen molar-refractivity contribution >= 4 is 0 Å². The minimum absolute atomic E-state index is 0.213. The Bertz CT molecular complexity index is 384. The van der Waals surface area contributed by atoms with Gasteiger partial charge in [-0.2, -0.15) is 8.78 Å². The van der Waals surface area contributed by atoms with E-state index >= 15 is 0 Å². The van der Waals surface area contributed by atoms with Gasteiger partial charge in [0.2, 0.25) is 0 Å². The summed E-state index contributed by atoms with van der Waals surface area (Å²) in [6.45, 7) is 0.219. The quantitative estimate of drug-likeness (QED) is 0.889. The highest BCUT2D eigenvalue weighted by Gasteiger charge is 2.18. The summed E-state index contributed by atoms with van der Waals surface area (Å²) in [4.78, 5) is 2.38. The number of rotatable bonds is 5. The number of nitrogens with zero attached hydrogens (tertiary/aromatic N) is 1. The summed E-state index contributed by atoms with van der Waals surface area (Å²) in [5, 5.41) is 3.31. The lowest BCUT2D eigenvalue weighted by molar-refractivity contribution is -0.0498. The molecule has 0 spiro atoms. The highest BCUT2D eigenvalue weighted by atomic mass is 19.3. The average molecular weight is 270 g/mol. The molecular weight excluding hydrogens is 250 g/mol. The van der Waals surface area contributed by atoms with Gasteiger partial charge in [0.1, 0.15) is 5.75 Å². The van der Waals surface area contributed by atoms with E-state index in [-0.39, 0.29) is 5.75 Å². The third kappa shape index (κ3) is 4.44. The van der Waals surface area contributed by atoms with E-state index in [9.17, 15) is 8.78 Å². The molecule has 0 aromatic heterocycles. The van der Waals surface area contributed by atoms with Crippen molar-refractivity contribution in [2.75, 3.05) is 20.1 Å². The fraction of sp³-hybridized carbons (Fsp3) is 0.571. The van der Waals surface area contributed by atoms with Crippen LogP contribution >= 0.6 is 0 Å². The van der Waals surface area contributed by atoms with Crippen LogP contribution in [-0.4, -0.2) is 37.7 Å². The summed E-state index contributed by atoms with van der Waals surface area (Å²) < 4.78 is 28.4. The maximum Gasteiger partial charge on any atom is 0.387 e. The number of likely N-dealkylation sites (tertiary alicyclic amines) is 1. The number of ether oxygens (including phenoxy) is 1. The Morgan fingerprint density at radius 1 is 1.37 bits per heavy atom. The van der Waals surface area contributed by atoms with Crippen LogP contribution in [0.2, 0.25) is 0 Å². The first kappa shape index (κ1) is 14.2. The molecule has 3 nitrogen and oxygen atoms in total. The summed E-state index contributed by atoms with van der Waals surface area (Å²) in [5.41, 5.74) is 1.12. The molecule has 1 atom stereocenters. The maximum atomic E-state index is 12.0. The highest BCUT2D eigenvalue weighted by Crippen LogP contribution is 2.18. The Kier molecular flexibility index (Phi) is 5.10.